The van der Waals surface area contributed by atoms with Crippen LogP contribution in [0.4, 0.5) is 8.78 Å². The molecule has 0 saturated carbocycles. The van der Waals surface area contributed by atoms with E-state index in [9.17, 15) is 18.4 Å². The lowest BCUT2D eigenvalue weighted by atomic mass is 10.0. The van der Waals surface area contributed by atoms with Crippen molar-refractivity contribution in [3.8, 4) is 0 Å². The summed E-state index contributed by atoms with van der Waals surface area (Å²) < 4.78 is 31.8. The van der Waals surface area contributed by atoms with Gasteiger partial charge in [0.2, 0.25) is 5.78 Å². The van der Waals surface area contributed by atoms with Gasteiger partial charge < -0.3 is 9.84 Å². The smallest absolute Gasteiger partial charge is 0.342 e. The molecular formula is C12H8Cl2F2O4. The van der Waals surface area contributed by atoms with Gasteiger partial charge in [-0.2, -0.15) is 0 Å². The Labute approximate surface area is 122 Å². The number of carbonyl (C=O) groups is 2. The number of ketones is 1. The van der Waals surface area contributed by atoms with E-state index in [1.54, 1.807) is 6.92 Å². The van der Waals surface area contributed by atoms with Crippen molar-refractivity contribution in [2.45, 2.75) is 6.92 Å². The van der Waals surface area contributed by atoms with Crippen molar-refractivity contribution in [3.05, 3.63) is 45.1 Å². The van der Waals surface area contributed by atoms with Crippen LogP contribution in [0.1, 0.15) is 17.3 Å². The van der Waals surface area contributed by atoms with Gasteiger partial charge in [0.25, 0.3) is 0 Å². The highest BCUT2D eigenvalue weighted by atomic mass is 35.5. The first kappa shape index (κ1) is 16.4. The fraction of sp³-hybridized carbons (Fsp3) is 0.167. The summed E-state index contributed by atoms with van der Waals surface area (Å²) in [6.45, 7) is 1.64. The second kappa shape index (κ2) is 6.67. The topological polar surface area (TPSA) is 63.6 Å². The molecule has 0 unspecified atom stereocenters. The fourth-order valence-corrected chi connectivity index (χ4v) is 1.79. The second-order valence-corrected chi connectivity index (χ2v) is 4.25. The van der Waals surface area contributed by atoms with Crippen LogP contribution in [0.15, 0.2) is 17.9 Å². The van der Waals surface area contributed by atoms with Crippen molar-refractivity contribution in [1.82, 2.24) is 0 Å². The maximum Gasteiger partial charge on any atom is 0.342 e. The first-order chi connectivity index (χ1) is 9.31. The molecule has 0 saturated heterocycles. The number of aliphatic carboxylic acids is 1. The minimum Gasteiger partial charge on any atom is -0.500 e. The molecule has 108 valence electrons. The van der Waals surface area contributed by atoms with Gasteiger partial charge in [-0.1, -0.05) is 23.2 Å². The summed E-state index contributed by atoms with van der Waals surface area (Å²) in [6, 6.07) is 0.538. The summed E-state index contributed by atoms with van der Waals surface area (Å²) in [6.07, 6.45) is 0.646. The van der Waals surface area contributed by atoms with Gasteiger partial charge in [-0.25, -0.2) is 13.6 Å². The zero-order valence-electron chi connectivity index (χ0n) is 10.0. The summed E-state index contributed by atoms with van der Waals surface area (Å²) >= 11 is 10.9. The molecule has 0 radical (unpaired) electrons. The van der Waals surface area contributed by atoms with Crippen molar-refractivity contribution in [3.63, 3.8) is 0 Å². The minimum atomic E-state index is -1.66. The molecule has 1 N–H and O–H groups in total. The minimum absolute atomic E-state index is 0.0925. The van der Waals surface area contributed by atoms with Gasteiger partial charge in [-0.15, -0.1) is 0 Å². The number of benzene rings is 1. The van der Waals surface area contributed by atoms with E-state index in [1.165, 1.54) is 0 Å². The Morgan fingerprint density at radius 1 is 1.40 bits per heavy atom. The first-order valence-electron chi connectivity index (χ1n) is 5.24. The number of rotatable bonds is 5. The molecule has 0 bridgehead atoms. The Hall–Kier alpha value is -1.66. The maximum atomic E-state index is 13.7. The highest BCUT2D eigenvalue weighted by Gasteiger charge is 2.28. The van der Waals surface area contributed by atoms with Gasteiger partial charge in [-0.05, 0) is 13.0 Å². The van der Waals surface area contributed by atoms with Gasteiger partial charge in [-0.3, -0.25) is 4.79 Å². The third-order valence-electron chi connectivity index (χ3n) is 2.18. The summed E-state index contributed by atoms with van der Waals surface area (Å²) in [5.41, 5.74) is -1.80. The van der Waals surface area contributed by atoms with Crippen molar-refractivity contribution >= 4 is 35.0 Å². The van der Waals surface area contributed by atoms with Crippen LogP contribution in [0.3, 0.4) is 0 Å². The Bertz CT molecular complexity index is 600. The van der Waals surface area contributed by atoms with Crippen molar-refractivity contribution < 1.29 is 28.2 Å². The molecule has 0 amide bonds. The van der Waals surface area contributed by atoms with E-state index in [0.29, 0.717) is 12.3 Å². The van der Waals surface area contributed by atoms with E-state index < -0.39 is 44.6 Å². The van der Waals surface area contributed by atoms with E-state index in [4.69, 9.17) is 28.3 Å². The lowest BCUT2D eigenvalue weighted by molar-refractivity contribution is -0.132. The monoisotopic (exact) mass is 324 g/mol. The molecule has 1 aromatic carbocycles. The molecular weight excluding hydrogens is 317 g/mol. The maximum absolute atomic E-state index is 13.7. The van der Waals surface area contributed by atoms with Crippen molar-refractivity contribution in [2.24, 2.45) is 0 Å². The van der Waals surface area contributed by atoms with Crippen molar-refractivity contribution in [1.29, 1.82) is 0 Å². The lowest BCUT2D eigenvalue weighted by Crippen LogP contribution is -2.16. The van der Waals surface area contributed by atoms with E-state index in [0.717, 1.165) is 0 Å². The largest absolute Gasteiger partial charge is 0.500 e. The molecule has 0 fully saturated rings. The van der Waals surface area contributed by atoms with Gasteiger partial charge in [0.05, 0.1) is 22.2 Å². The van der Waals surface area contributed by atoms with Gasteiger partial charge in [0.1, 0.15) is 17.7 Å². The van der Waals surface area contributed by atoms with Crippen LogP contribution in [0.5, 0.6) is 0 Å². The number of ether oxygens (including phenoxy) is 1. The van der Waals surface area contributed by atoms with E-state index >= 15 is 0 Å². The molecule has 0 aromatic heterocycles. The van der Waals surface area contributed by atoms with Crippen LogP contribution in [0, 0.1) is 11.6 Å². The summed E-state index contributed by atoms with van der Waals surface area (Å²) in [7, 11) is 0. The second-order valence-electron chi connectivity index (χ2n) is 3.46. The standard InChI is InChI=1S/C12H8Cl2F2O4/c1-2-20-4-5(12(18)19)11(17)8-7(15)3-6(13)10(16)9(8)14/h3-4H,2H2,1H3,(H,18,19)/b5-4-. The number of hydrogen-bond acceptors (Lipinski definition) is 3. The number of Topliss-reactive ketones (excluding diaryl/α,β-unsaturated/α-hetero) is 1. The quantitative estimate of drug-likeness (QED) is 0.171. The number of hydrogen-bond donors (Lipinski definition) is 1. The Morgan fingerprint density at radius 2 is 2.00 bits per heavy atom. The molecule has 8 heteroatoms. The fourth-order valence-electron chi connectivity index (χ4n) is 1.28. The molecule has 1 aromatic rings. The SMILES string of the molecule is CCO/C=C(\C(=O)O)C(=O)c1c(F)cc(Cl)c(F)c1Cl. The molecule has 0 spiro atoms. The van der Waals surface area contributed by atoms with Crippen LogP contribution >= 0.6 is 23.2 Å². The van der Waals surface area contributed by atoms with E-state index in [-0.39, 0.29) is 6.61 Å². The Morgan fingerprint density at radius 3 is 2.50 bits per heavy atom. The van der Waals surface area contributed by atoms with Gasteiger partial charge in [0.15, 0.2) is 5.82 Å². The van der Waals surface area contributed by atoms with Gasteiger partial charge >= 0.3 is 5.97 Å². The van der Waals surface area contributed by atoms with Crippen LogP contribution in [0.25, 0.3) is 0 Å². The molecule has 0 aliphatic heterocycles. The zero-order valence-corrected chi connectivity index (χ0v) is 11.6. The van der Waals surface area contributed by atoms with E-state index in [1.807, 2.05) is 0 Å². The number of carboxylic acids is 1. The van der Waals surface area contributed by atoms with Crippen LogP contribution in [-0.4, -0.2) is 23.5 Å². The number of carboxylic acid groups (broad SMARTS) is 1. The predicted octanol–water partition coefficient (Wildman–Crippen LogP) is 3.46. The third kappa shape index (κ3) is 3.26. The molecule has 4 nitrogen and oxygen atoms in total. The third-order valence-corrected chi connectivity index (χ3v) is 2.81. The molecule has 20 heavy (non-hydrogen) atoms. The van der Waals surface area contributed by atoms with Crippen molar-refractivity contribution in [2.75, 3.05) is 6.61 Å². The number of carbonyl (C=O) groups excluding carboxylic acids is 1. The summed E-state index contributed by atoms with van der Waals surface area (Å²) in [4.78, 5) is 22.9. The summed E-state index contributed by atoms with van der Waals surface area (Å²) in [5, 5.41) is 7.38. The average molecular weight is 325 g/mol. The van der Waals surface area contributed by atoms with Gasteiger partial charge in [0, 0.05) is 0 Å². The highest BCUT2D eigenvalue weighted by Crippen LogP contribution is 2.30. The van der Waals surface area contributed by atoms with E-state index in [2.05, 4.69) is 4.74 Å². The highest BCUT2D eigenvalue weighted by molar-refractivity contribution is 6.39. The zero-order chi connectivity index (χ0) is 15.4. The molecule has 0 aliphatic rings. The average Bonchev–Trinajstić information content (AvgIpc) is 2.36. The Balaban J connectivity index is 3.40. The predicted molar refractivity (Wildman–Crippen MR) is 68.1 cm³/mol. The van der Waals surface area contributed by atoms with Crippen LogP contribution < -0.4 is 0 Å². The molecule has 0 atom stereocenters. The first-order valence-corrected chi connectivity index (χ1v) is 5.99. The Kier molecular flexibility index (Phi) is 5.47. The van der Waals surface area contributed by atoms with Crippen LogP contribution in [0.2, 0.25) is 10.0 Å². The number of halogens is 4. The van der Waals surface area contributed by atoms with Crippen LogP contribution in [-0.2, 0) is 9.53 Å². The lowest BCUT2D eigenvalue weighted by Gasteiger charge is -2.08. The molecule has 0 aliphatic carbocycles. The molecule has 1 rings (SSSR count). The molecule has 0 heterocycles. The normalized spacial score (nSPS) is 11.3. The summed E-state index contributed by atoms with van der Waals surface area (Å²) in [5.74, 6) is -5.41.